The van der Waals surface area contributed by atoms with E-state index in [9.17, 15) is 14.0 Å². The van der Waals surface area contributed by atoms with Gasteiger partial charge in [-0.2, -0.15) is 0 Å². The highest BCUT2D eigenvalue weighted by Gasteiger charge is 2.32. The van der Waals surface area contributed by atoms with Gasteiger partial charge in [0.15, 0.2) is 5.78 Å². The molecule has 0 aliphatic carbocycles. The first-order chi connectivity index (χ1) is 11.1. The van der Waals surface area contributed by atoms with E-state index in [4.69, 9.17) is 11.6 Å². The summed E-state index contributed by atoms with van der Waals surface area (Å²) in [5.74, 6) is -0.847. The Morgan fingerprint density at radius 1 is 1.09 bits per heavy atom. The van der Waals surface area contributed by atoms with Crippen molar-refractivity contribution in [2.24, 2.45) is 5.92 Å². The van der Waals surface area contributed by atoms with Crippen molar-refractivity contribution in [2.45, 2.75) is 6.42 Å². The first-order valence-electron chi connectivity index (χ1n) is 7.40. The number of carbonyl (C=O) groups is 2. The van der Waals surface area contributed by atoms with Gasteiger partial charge in [0.25, 0.3) is 5.91 Å². The molecule has 1 fully saturated rings. The van der Waals surface area contributed by atoms with Gasteiger partial charge in [-0.05, 0) is 42.8 Å². The van der Waals surface area contributed by atoms with Gasteiger partial charge in [0, 0.05) is 24.6 Å². The van der Waals surface area contributed by atoms with E-state index < -0.39 is 0 Å². The van der Waals surface area contributed by atoms with E-state index in [0.717, 1.165) is 0 Å². The lowest BCUT2D eigenvalue weighted by atomic mass is 9.97. The van der Waals surface area contributed by atoms with Gasteiger partial charge >= 0.3 is 0 Å². The lowest BCUT2D eigenvalue weighted by Gasteiger charge is -2.17. The van der Waals surface area contributed by atoms with Crippen LogP contribution in [0.5, 0.6) is 0 Å². The maximum absolute atomic E-state index is 12.9. The van der Waals surface area contributed by atoms with Crippen LogP contribution >= 0.6 is 11.6 Å². The zero-order chi connectivity index (χ0) is 16.4. The molecule has 1 amide bonds. The smallest absolute Gasteiger partial charge is 0.255 e. The van der Waals surface area contributed by atoms with Crippen LogP contribution in [0.15, 0.2) is 48.5 Å². The Labute approximate surface area is 138 Å². The first kappa shape index (κ1) is 15.7. The Bertz CT molecular complexity index is 745. The molecule has 0 aromatic heterocycles. The molecule has 0 bridgehead atoms. The number of rotatable bonds is 3. The van der Waals surface area contributed by atoms with E-state index >= 15 is 0 Å². The minimum absolute atomic E-state index is 0.0561. The van der Waals surface area contributed by atoms with E-state index in [-0.39, 0.29) is 23.4 Å². The molecule has 0 radical (unpaired) electrons. The predicted octanol–water partition coefficient (Wildman–Crippen LogP) is 3.82. The third-order valence-electron chi connectivity index (χ3n) is 4.08. The predicted molar refractivity (Wildman–Crippen MR) is 86.2 cm³/mol. The largest absolute Gasteiger partial charge is 0.338 e. The number of hydrogen-bond donors (Lipinski definition) is 0. The zero-order valence-electron chi connectivity index (χ0n) is 12.3. The Balaban J connectivity index is 1.71. The Morgan fingerprint density at radius 3 is 2.48 bits per heavy atom. The summed E-state index contributed by atoms with van der Waals surface area (Å²) in [6.45, 7) is 0.877. The van der Waals surface area contributed by atoms with Crippen LogP contribution in [0, 0.1) is 11.7 Å². The highest BCUT2D eigenvalue weighted by Crippen LogP contribution is 2.25. The van der Waals surface area contributed by atoms with Gasteiger partial charge in [-0.25, -0.2) is 4.39 Å². The molecule has 0 N–H and O–H groups in total. The molecule has 1 saturated heterocycles. The number of Topliss-reactive ketones (excluding diaryl/α,β-unsaturated/α-hetero) is 1. The van der Waals surface area contributed by atoms with Crippen LogP contribution in [-0.4, -0.2) is 29.7 Å². The number of carbonyl (C=O) groups excluding carboxylic acids is 2. The van der Waals surface area contributed by atoms with Crippen molar-refractivity contribution < 1.29 is 14.0 Å². The molecule has 3 nitrogen and oxygen atoms in total. The normalized spacial score (nSPS) is 17.3. The second-order valence-electron chi connectivity index (χ2n) is 5.59. The first-order valence-corrected chi connectivity index (χ1v) is 7.77. The highest BCUT2D eigenvalue weighted by molar-refractivity contribution is 6.33. The molecule has 1 aliphatic heterocycles. The van der Waals surface area contributed by atoms with Gasteiger partial charge in [-0.15, -0.1) is 0 Å². The summed E-state index contributed by atoms with van der Waals surface area (Å²) in [5, 5.41) is 0.408. The van der Waals surface area contributed by atoms with Gasteiger partial charge in [0.2, 0.25) is 0 Å². The van der Waals surface area contributed by atoms with Crippen molar-refractivity contribution in [3.05, 3.63) is 70.5 Å². The molecular formula is C18H15ClFNO2. The summed E-state index contributed by atoms with van der Waals surface area (Å²) < 4.78 is 12.9. The third kappa shape index (κ3) is 3.27. The van der Waals surface area contributed by atoms with Crippen molar-refractivity contribution in [1.29, 1.82) is 0 Å². The fourth-order valence-corrected chi connectivity index (χ4v) is 3.03. The number of halogens is 2. The summed E-state index contributed by atoms with van der Waals surface area (Å²) in [5.41, 5.74) is 0.924. The van der Waals surface area contributed by atoms with Crippen LogP contribution in [0.2, 0.25) is 5.02 Å². The molecule has 1 unspecified atom stereocenters. The monoisotopic (exact) mass is 331 g/mol. The lowest BCUT2D eigenvalue weighted by molar-refractivity contribution is 0.0780. The fraction of sp³-hybridized carbons (Fsp3) is 0.222. The molecule has 1 aliphatic rings. The maximum atomic E-state index is 12.9. The quantitative estimate of drug-likeness (QED) is 0.802. The molecule has 0 spiro atoms. The molecule has 5 heteroatoms. The lowest BCUT2D eigenvalue weighted by Crippen LogP contribution is -2.30. The topological polar surface area (TPSA) is 37.4 Å². The maximum Gasteiger partial charge on any atom is 0.255 e. The molecule has 118 valence electrons. The number of benzene rings is 2. The summed E-state index contributed by atoms with van der Waals surface area (Å²) in [4.78, 5) is 26.6. The Morgan fingerprint density at radius 2 is 1.78 bits per heavy atom. The average Bonchev–Trinajstić information content (AvgIpc) is 3.05. The van der Waals surface area contributed by atoms with E-state index in [1.807, 2.05) is 0 Å². The molecule has 3 rings (SSSR count). The van der Waals surface area contributed by atoms with Crippen molar-refractivity contribution in [3.8, 4) is 0 Å². The summed E-state index contributed by atoms with van der Waals surface area (Å²) in [6.07, 6.45) is 0.604. The van der Waals surface area contributed by atoms with Crippen LogP contribution in [0.4, 0.5) is 4.39 Å². The minimum Gasteiger partial charge on any atom is -0.338 e. The molecule has 23 heavy (non-hydrogen) atoms. The Kier molecular flexibility index (Phi) is 4.44. The third-order valence-corrected chi connectivity index (χ3v) is 4.41. The zero-order valence-corrected chi connectivity index (χ0v) is 13.1. The van der Waals surface area contributed by atoms with Crippen molar-refractivity contribution in [3.63, 3.8) is 0 Å². The average molecular weight is 332 g/mol. The fourth-order valence-electron chi connectivity index (χ4n) is 2.81. The van der Waals surface area contributed by atoms with Gasteiger partial charge < -0.3 is 4.90 Å². The number of amides is 1. The van der Waals surface area contributed by atoms with Crippen molar-refractivity contribution in [2.75, 3.05) is 13.1 Å². The summed E-state index contributed by atoms with van der Waals surface area (Å²) in [6, 6.07) is 12.4. The van der Waals surface area contributed by atoms with Crippen LogP contribution in [0.3, 0.4) is 0 Å². The van der Waals surface area contributed by atoms with Gasteiger partial charge in [0.05, 0.1) is 10.6 Å². The van der Waals surface area contributed by atoms with Crippen molar-refractivity contribution in [1.82, 2.24) is 4.90 Å². The second kappa shape index (κ2) is 6.50. The van der Waals surface area contributed by atoms with Gasteiger partial charge in [-0.3, -0.25) is 9.59 Å². The van der Waals surface area contributed by atoms with Gasteiger partial charge in [0.1, 0.15) is 5.82 Å². The van der Waals surface area contributed by atoms with Crippen molar-refractivity contribution >= 4 is 23.3 Å². The summed E-state index contributed by atoms with van der Waals surface area (Å²) in [7, 11) is 0. The number of nitrogens with zero attached hydrogens (tertiary/aromatic N) is 1. The molecular weight excluding hydrogens is 317 g/mol. The van der Waals surface area contributed by atoms with E-state index in [2.05, 4.69) is 0 Å². The molecule has 1 atom stereocenters. The van der Waals surface area contributed by atoms with E-state index in [1.54, 1.807) is 29.2 Å². The van der Waals surface area contributed by atoms with Crippen LogP contribution < -0.4 is 0 Å². The molecule has 2 aromatic rings. The number of ketones is 1. The minimum atomic E-state index is -0.372. The number of hydrogen-bond acceptors (Lipinski definition) is 2. The number of likely N-dealkylation sites (tertiary alicyclic amines) is 1. The Hall–Kier alpha value is -2.20. The second-order valence-corrected chi connectivity index (χ2v) is 5.99. The van der Waals surface area contributed by atoms with Gasteiger partial charge in [-0.1, -0.05) is 23.7 Å². The van der Waals surface area contributed by atoms with E-state index in [1.165, 1.54) is 24.3 Å². The van der Waals surface area contributed by atoms with Crippen LogP contribution in [0.25, 0.3) is 0 Å². The standard InChI is InChI=1S/C18H15ClFNO2/c19-16-4-2-1-3-15(16)18(23)21-10-9-13(11-21)17(22)12-5-7-14(20)8-6-12/h1-8,13H,9-11H2. The molecule has 2 aromatic carbocycles. The highest BCUT2D eigenvalue weighted by atomic mass is 35.5. The van der Waals surface area contributed by atoms with Crippen LogP contribution in [0.1, 0.15) is 27.1 Å². The molecule has 1 heterocycles. The van der Waals surface area contributed by atoms with E-state index in [0.29, 0.717) is 35.7 Å². The summed E-state index contributed by atoms with van der Waals surface area (Å²) >= 11 is 6.06. The SMILES string of the molecule is O=C(c1ccc(F)cc1)C1CCN(C(=O)c2ccccc2Cl)C1. The molecule has 0 saturated carbocycles. The van der Waals surface area contributed by atoms with Crippen LogP contribution in [-0.2, 0) is 0 Å².